The van der Waals surface area contributed by atoms with Gasteiger partial charge >= 0.3 is 0 Å². The first-order chi connectivity index (χ1) is 20.9. The lowest BCUT2D eigenvalue weighted by molar-refractivity contribution is 0.0303. The van der Waals surface area contributed by atoms with Crippen LogP contribution in [0.3, 0.4) is 0 Å². The number of nitriles is 1. The fourth-order valence-corrected chi connectivity index (χ4v) is 5.09. The van der Waals surface area contributed by atoms with E-state index in [4.69, 9.17) is 15.2 Å². The van der Waals surface area contributed by atoms with Crippen LogP contribution in [0.1, 0.15) is 44.0 Å². The van der Waals surface area contributed by atoms with Crippen LogP contribution in [0.5, 0.6) is 11.5 Å². The van der Waals surface area contributed by atoms with Crippen LogP contribution in [0, 0.1) is 18.3 Å². The molecule has 5 rings (SSSR count). The second kappa shape index (κ2) is 13.2. The van der Waals surface area contributed by atoms with E-state index in [0.717, 1.165) is 22.0 Å². The number of para-hydroxylation sites is 1. The number of nitrogens with one attached hydrogen (secondary N) is 1. The SMILES string of the molecule is C/N=C\C(C(=O)c1cc2cc(C(=O)N3CCOCC3)ccc2[nH]1)=C(\N)CCc1ccc(Oc2ccccc2C#N)cc1C. The summed E-state index contributed by atoms with van der Waals surface area (Å²) < 4.78 is 11.3. The predicted molar refractivity (Wildman–Crippen MR) is 166 cm³/mol. The second-order valence-corrected chi connectivity index (χ2v) is 10.3. The van der Waals surface area contributed by atoms with Crippen molar-refractivity contribution in [3.63, 3.8) is 0 Å². The van der Waals surface area contributed by atoms with Crippen LogP contribution in [0.2, 0.25) is 0 Å². The van der Waals surface area contributed by atoms with Gasteiger partial charge in [0, 0.05) is 48.5 Å². The summed E-state index contributed by atoms with van der Waals surface area (Å²) in [6.07, 6.45) is 2.55. The third kappa shape index (κ3) is 6.66. The van der Waals surface area contributed by atoms with Crippen molar-refractivity contribution in [3.05, 3.63) is 106 Å². The molecular weight excluding hydrogens is 542 g/mol. The zero-order valence-electron chi connectivity index (χ0n) is 24.2. The van der Waals surface area contributed by atoms with Crippen LogP contribution in [0.15, 0.2) is 83.0 Å². The van der Waals surface area contributed by atoms with Crippen molar-refractivity contribution in [3.8, 4) is 17.6 Å². The molecule has 3 N–H and O–H groups in total. The Labute approximate surface area is 250 Å². The van der Waals surface area contributed by atoms with E-state index in [2.05, 4.69) is 16.0 Å². The molecule has 1 saturated heterocycles. The molecule has 0 spiro atoms. The summed E-state index contributed by atoms with van der Waals surface area (Å²) in [4.78, 5) is 35.5. The fourth-order valence-electron chi connectivity index (χ4n) is 5.09. The lowest BCUT2D eigenvalue weighted by Crippen LogP contribution is -2.40. The summed E-state index contributed by atoms with van der Waals surface area (Å²) in [5.41, 5.74) is 11.5. The molecule has 0 bridgehead atoms. The van der Waals surface area contributed by atoms with Crippen LogP contribution in [-0.4, -0.2) is 61.1 Å². The van der Waals surface area contributed by atoms with Crippen molar-refractivity contribution < 1.29 is 19.1 Å². The number of hydrogen-bond acceptors (Lipinski definition) is 7. The maximum atomic E-state index is 13.6. The first-order valence-corrected chi connectivity index (χ1v) is 14.1. The third-order valence-corrected chi connectivity index (χ3v) is 7.47. The van der Waals surface area contributed by atoms with Gasteiger partial charge in [-0.2, -0.15) is 5.26 Å². The number of fused-ring (bicyclic) bond motifs is 1. The molecule has 4 aromatic rings. The molecule has 1 aromatic heterocycles. The highest BCUT2D eigenvalue weighted by atomic mass is 16.5. The number of carbonyl (C=O) groups is 2. The maximum absolute atomic E-state index is 13.6. The molecular formula is C34H33N5O4. The average Bonchev–Trinajstić information content (AvgIpc) is 3.47. The zero-order valence-corrected chi connectivity index (χ0v) is 24.2. The number of ether oxygens (including phenoxy) is 2. The number of aryl methyl sites for hydroxylation is 2. The first-order valence-electron chi connectivity index (χ1n) is 14.1. The number of allylic oxidation sites excluding steroid dienone is 2. The van der Waals surface area contributed by atoms with Crippen molar-refractivity contribution in [2.75, 3.05) is 33.4 Å². The molecule has 218 valence electrons. The van der Waals surface area contributed by atoms with Crippen LogP contribution in [0.25, 0.3) is 10.9 Å². The molecule has 0 atom stereocenters. The number of hydrogen-bond donors (Lipinski definition) is 2. The van der Waals surface area contributed by atoms with Gasteiger partial charge in [0.25, 0.3) is 5.91 Å². The Morgan fingerprint density at radius 1 is 1.12 bits per heavy atom. The van der Waals surface area contributed by atoms with Gasteiger partial charge in [-0.1, -0.05) is 18.2 Å². The van der Waals surface area contributed by atoms with E-state index < -0.39 is 0 Å². The minimum Gasteiger partial charge on any atom is -0.456 e. The highest BCUT2D eigenvalue weighted by molar-refractivity contribution is 6.22. The van der Waals surface area contributed by atoms with Crippen LogP contribution >= 0.6 is 0 Å². The van der Waals surface area contributed by atoms with E-state index in [-0.39, 0.29) is 11.7 Å². The fraction of sp³-hybridized carbons (Fsp3) is 0.235. The van der Waals surface area contributed by atoms with Crippen molar-refractivity contribution in [2.45, 2.75) is 19.8 Å². The first kappa shape index (κ1) is 29.3. The van der Waals surface area contributed by atoms with E-state index in [1.165, 1.54) is 6.21 Å². The van der Waals surface area contributed by atoms with Gasteiger partial charge in [-0.05, 0) is 79.4 Å². The summed E-state index contributed by atoms with van der Waals surface area (Å²) in [5.74, 6) is 0.819. The molecule has 1 aliphatic rings. The number of rotatable bonds is 9. The summed E-state index contributed by atoms with van der Waals surface area (Å²) in [6, 6.07) is 22.1. The van der Waals surface area contributed by atoms with Gasteiger partial charge < -0.3 is 25.1 Å². The summed E-state index contributed by atoms with van der Waals surface area (Å²) in [5, 5.41) is 10.1. The highest BCUT2D eigenvalue weighted by Gasteiger charge is 2.21. The average molecular weight is 576 g/mol. The highest BCUT2D eigenvalue weighted by Crippen LogP contribution is 2.27. The number of benzene rings is 3. The Morgan fingerprint density at radius 2 is 1.91 bits per heavy atom. The van der Waals surface area contributed by atoms with Crippen molar-refractivity contribution in [1.29, 1.82) is 5.26 Å². The van der Waals surface area contributed by atoms with E-state index in [1.807, 2.05) is 37.3 Å². The number of aliphatic imine (C=N–C) groups is 1. The molecule has 9 heteroatoms. The number of carbonyl (C=O) groups excluding carboxylic acids is 2. The quantitative estimate of drug-likeness (QED) is 0.157. The van der Waals surface area contributed by atoms with Gasteiger partial charge in [0.05, 0.1) is 30.0 Å². The maximum Gasteiger partial charge on any atom is 0.254 e. The number of Topliss-reactive ketones (excluding diaryl/α,β-unsaturated/α-hetero) is 1. The molecule has 43 heavy (non-hydrogen) atoms. The molecule has 1 fully saturated rings. The standard InChI is InChI=1S/C34H33N5O4/c1-22-17-27(43-32-6-4-3-5-25(32)20-35)10-7-23(22)8-11-29(36)28(21-37-2)33(40)31-19-26-18-24(9-12-30(26)38-31)34(41)39-13-15-42-16-14-39/h3-7,9-10,12,17-19,21,38H,8,11,13-16,36H2,1-2H3/b29-28-,37-21-. The molecule has 0 unspecified atom stereocenters. The van der Waals surface area contributed by atoms with Crippen molar-refractivity contribution in [2.24, 2.45) is 10.7 Å². The Bertz CT molecular complexity index is 1770. The number of morpholine rings is 1. The van der Waals surface area contributed by atoms with Gasteiger partial charge in [-0.15, -0.1) is 0 Å². The van der Waals surface area contributed by atoms with E-state index in [1.54, 1.807) is 48.3 Å². The van der Waals surface area contributed by atoms with Gasteiger partial charge in [-0.25, -0.2) is 0 Å². The monoisotopic (exact) mass is 575 g/mol. The van der Waals surface area contributed by atoms with Crippen LogP contribution in [0.4, 0.5) is 0 Å². The van der Waals surface area contributed by atoms with E-state index in [0.29, 0.717) is 78.7 Å². The normalized spacial score (nSPS) is 14.0. The number of nitrogens with zero attached hydrogens (tertiary/aromatic N) is 3. The minimum absolute atomic E-state index is 0.0518. The smallest absolute Gasteiger partial charge is 0.254 e. The Hall–Kier alpha value is -5.20. The number of aromatic nitrogens is 1. The molecule has 0 saturated carbocycles. The molecule has 3 aromatic carbocycles. The summed E-state index contributed by atoms with van der Waals surface area (Å²) in [6.45, 7) is 4.17. The molecule has 1 aliphatic heterocycles. The van der Waals surface area contributed by atoms with Crippen molar-refractivity contribution in [1.82, 2.24) is 9.88 Å². The summed E-state index contributed by atoms with van der Waals surface area (Å²) in [7, 11) is 1.60. The topological polar surface area (TPSA) is 134 Å². The molecule has 2 heterocycles. The lowest BCUT2D eigenvalue weighted by atomic mass is 9.99. The van der Waals surface area contributed by atoms with Crippen molar-refractivity contribution >= 4 is 28.8 Å². The van der Waals surface area contributed by atoms with Gasteiger partial charge in [-0.3, -0.25) is 14.6 Å². The number of H-pyrrole nitrogens is 1. The molecule has 0 radical (unpaired) electrons. The number of ketones is 1. The van der Waals surface area contributed by atoms with E-state index in [9.17, 15) is 14.9 Å². The minimum atomic E-state index is -0.267. The van der Waals surface area contributed by atoms with Gasteiger partial charge in [0.15, 0.2) is 0 Å². The second-order valence-electron chi connectivity index (χ2n) is 10.3. The Kier molecular flexibility index (Phi) is 8.99. The lowest BCUT2D eigenvalue weighted by Gasteiger charge is -2.26. The number of aromatic amines is 1. The van der Waals surface area contributed by atoms with Gasteiger partial charge in [0.2, 0.25) is 5.78 Å². The molecule has 9 nitrogen and oxygen atoms in total. The van der Waals surface area contributed by atoms with E-state index >= 15 is 0 Å². The molecule has 1 amide bonds. The molecule has 0 aliphatic carbocycles. The Balaban J connectivity index is 1.31. The Morgan fingerprint density at radius 3 is 2.65 bits per heavy atom. The zero-order chi connectivity index (χ0) is 30.3. The number of nitrogens with two attached hydrogens (primary N) is 1. The van der Waals surface area contributed by atoms with Gasteiger partial charge in [0.1, 0.15) is 17.6 Å². The number of amides is 1. The van der Waals surface area contributed by atoms with Crippen LogP contribution in [-0.2, 0) is 11.2 Å². The summed E-state index contributed by atoms with van der Waals surface area (Å²) >= 11 is 0. The van der Waals surface area contributed by atoms with Crippen LogP contribution < -0.4 is 10.5 Å². The predicted octanol–water partition coefficient (Wildman–Crippen LogP) is 5.34. The largest absolute Gasteiger partial charge is 0.456 e. The third-order valence-electron chi connectivity index (χ3n) is 7.47.